The molecule has 8 heteroatoms. The van der Waals surface area contributed by atoms with E-state index in [4.69, 9.17) is 5.53 Å². The molecule has 108 valence electrons. The van der Waals surface area contributed by atoms with Crippen molar-refractivity contribution in [3.63, 3.8) is 0 Å². The van der Waals surface area contributed by atoms with Crippen LogP contribution in [-0.4, -0.2) is 36.5 Å². The summed E-state index contributed by atoms with van der Waals surface area (Å²) >= 11 is 0. The van der Waals surface area contributed by atoms with Crippen molar-refractivity contribution in [1.82, 2.24) is 0 Å². The smallest absolute Gasteiger partial charge is 0.359 e. The topological polar surface area (TPSA) is 105 Å². The molecule has 0 heterocycles. The zero-order valence-electron chi connectivity index (χ0n) is 10.7. The highest BCUT2D eigenvalue weighted by Gasteiger charge is 2.50. The first-order valence-electron chi connectivity index (χ1n) is 6.60. The largest absolute Gasteiger partial charge is 0.495 e. The molecule has 0 N–H and O–H groups in total. The molecule has 0 saturated heterocycles. The number of nitrogens with zero attached hydrogens (tertiary/aromatic N) is 2. The van der Waals surface area contributed by atoms with Crippen molar-refractivity contribution >= 4 is 24.1 Å². The van der Waals surface area contributed by atoms with E-state index in [0.717, 1.165) is 25.7 Å². The molecule has 0 spiro atoms. The van der Waals surface area contributed by atoms with Gasteiger partial charge in [0.05, 0.1) is 10.5 Å². The predicted octanol–water partition coefficient (Wildman–Crippen LogP) is 1.29. The molecule has 0 radical (unpaired) electrons. The fourth-order valence-corrected chi connectivity index (χ4v) is 7.78. The zero-order valence-corrected chi connectivity index (χ0v) is 12.3. The molecule has 0 aromatic carbocycles. The molecule has 0 aromatic heterocycles. The summed E-state index contributed by atoms with van der Waals surface area (Å²) in [6.07, 6.45) is 4.86. The maximum absolute atomic E-state index is 12.3. The second kappa shape index (κ2) is 5.34. The van der Waals surface area contributed by atoms with Crippen molar-refractivity contribution in [2.45, 2.75) is 61.9 Å². The van der Waals surface area contributed by atoms with Gasteiger partial charge in [-0.05, 0) is 25.7 Å². The van der Waals surface area contributed by atoms with E-state index >= 15 is 0 Å². The molecule has 6 nitrogen and oxygen atoms in total. The Kier molecular flexibility index (Phi) is 4.13. The van der Waals surface area contributed by atoms with E-state index in [1.165, 1.54) is 0 Å². The van der Waals surface area contributed by atoms with Crippen molar-refractivity contribution < 1.29 is 21.6 Å². The van der Waals surface area contributed by atoms with Gasteiger partial charge in [0.25, 0.3) is 19.7 Å². The van der Waals surface area contributed by atoms with Crippen LogP contribution in [0.2, 0.25) is 0 Å². The molecule has 0 bridgehead atoms. The summed E-state index contributed by atoms with van der Waals surface area (Å²) in [5.74, 6) is 0. The van der Waals surface area contributed by atoms with Crippen LogP contribution in [0.1, 0.15) is 51.4 Å². The van der Waals surface area contributed by atoms with Gasteiger partial charge in [0.1, 0.15) is 0 Å². The van der Waals surface area contributed by atoms with E-state index in [-0.39, 0.29) is 0 Å². The highest BCUT2D eigenvalue weighted by atomic mass is 32.3. The van der Waals surface area contributed by atoms with Crippen molar-refractivity contribution in [2.24, 2.45) is 0 Å². The molecule has 2 fully saturated rings. The standard InChI is InChI=1S/C11H18N2O4S2/c12-13-11(18(14,15)9-5-1-2-6-9)19(16,17)10-7-3-4-8-10/h9-10H,1-8H2. The maximum atomic E-state index is 12.3. The molecule has 19 heavy (non-hydrogen) atoms. The summed E-state index contributed by atoms with van der Waals surface area (Å²) in [7, 11) is -8.07. The van der Waals surface area contributed by atoms with Crippen molar-refractivity contribution in [3.05, 3.63) is 5.53 Å². The summed E-state index contributed by atoms with van der Waals surface area (Å²) in [6, 6.07) is 0. The first-order valence-corrected chi connectivity index (χ1v) is 9.70. The number of rotatable bonds is 2. The van der Waals surface area contributed by atoms with Gasteiger partial charge in [0.2, 0.25) is 0 Å². The van der Waals surface area contributed by atoms with Crippen LogP contribution in [0.15, 0.2) is 0 Å². The minimum Gasteiger partial charge on any atom is -0.359 e. The van der Waals surface area contributed by atoms with Crippen molar-refractivity contribution in [2.75, 3.05) is 0 Å². The number of hydrogen-bond donors (Lipinski definition) is 0. The lowest BCUT2D eigenvalue weighted by atomic mass is 10.4. The monoisotopic (exact) mass is 306 g/mol. The van der Waals surface area contributed by atoms with Crippen LogP contribution in [0, 0.1) is 0 Å². The summed E-state index contributed by atoms with van der Waals surface area (Å²) in [5, 5.41) is -1.43. The molecule has 0 unspecified atom stereocenters. The van der Waals surface area contributed by atoms with Crippen molar-refractivity contribution in [3.8, 4) is 0 Å². The van der Waals surface area contributed by atoms with Crippen molar-refractivity contribution in [1.29, 1.82) is 0 Å². The lowest BCUT2D eigenvalue weighted by Crippen LogP contribution is -2.37. The van der Waals surface area contributed by atoms with Crippen LogP contribution in [0.5, 0.6) is 0 Å². The first kappa shape index (κ1) is 14.7. The van der Waals surface area contributed by atoms with E-state index in [1.807, 2.05) is 0 Å². The van der Waals surface area contributed by atoms with Gasteiger partial charge in [-0.15, -0.1) is 4.79 Å². The Bertz CT molecular complexity index is 543. The second-order valence-electron chi connectivity index (χ2n) is 5.27. The van der Waals surface area contributed by atoms with E-state index in [0.29, 0.717) is 25.7 Å². The lowest BCUT2D eigenvalue weighted by molar-refractivity contribution is 0.00366. The van der Waals surface area contributed by atoms with Gasteiger partial charge in [-0.25, -0.2) is 16.8 Å². The summed E-state index contributed by atoms with van der Waals surface area (Å²) < 4.78 is 48.2. The third-order valence-electron chi connectivity index (χ3n) is 4.05. The van der Waals surface area contributed by atoms with Gasteiger partial charge in [0.15, 0.2) is 0 Å². The fourth-order valence-electron chi connectivity index (χ4n) is 2.96. The van der Waals surface area contributed by atoms with Crippen LogP contribution < -0.4 is 0 Å². The third kappa shape index (κ3) is 2.61. The first-order chi connectivity index (χ1) is 8.90. The van der Waals surface area contributed by atoms with Crippen LogP contribution >= 0.6 is 0 Å². The SMILES string of the molecule is [N-]=[N+]=C(S(=O)(=O)C1CCCC1)S(=O)(=O)C1CCCC1. The Hall–Kier alpha value is -0.720. The summed E-state index contributed by atoms with van der Waals surface area (Å²) in [5.41, 5.74) is 8.95. The van der Waals surface area contributed by atoms with Crippen LogP contribution in [0.3, 0.4) is 0 Å². The Morgan fingerprint density at radius 2 is 1.11 bits per heavy atom. The van der Waals surface area contributed by atoms with Crippen LogP contribution in [0.25, 0.3) is 5.53 Å². The van der Waals surface area contributed by atoms with E-state index in [9.17, 15) is 16.8 Å². The van der Waals surface area contributed by atoms with Gasteiger partial charge >= 0.3 is 4.38 Å². The Morgan fingerprint density at radius 3 is 1.37 bits per heavy atom. The quantitative estimate of drug-likeness (QED) is 0.331. The Morgan fingerprint density at radius 1 is 0.789 bits per heavy atom. The maximum Gasteiger partial charge on any atom is 0.495 e. The van der Waals surface area contributed by atoms with Crippen LogP contribution in [-0.2, 0) is 19.7 Å². The van der Waals surface area contributed by atoms with Gasteiger partial charge in [-0.2, -0.15) is 0 Å². The minimum atomic E-state index is -4.03. The molecule has 0 aromatic rings. The third-order valence-corrected chi connectivity index (χ3v) is 9.28. The molecular formula is C11H18N2O4S2. The normalized spacial score (nSPS) is 22.5. The summed E-state index contributed by atoms with van der Waals surface area (Å²) in [4.78, 5) is 2.66. The Balaban J connectivity index is 2.37. The average Bonchev–Trinajstić information content (AvgIpc) is 3.03. The Labute approximate surface area is 113 Å². The molecule has 2 rings (SSSR count). The number of sulfone groups is 2. The zero-order chi connectivity index (χ0) is 14.1. The molecular weight excluding hydrogens is 288 g/mol. The second-order valence-corrected chi connectivity index (χ2v) is 9.81. The molecule has 2 aliphatic carbocycles. The lowest BCUT2D eigenvalue weighted by Gasteiger charge is -2.10. The number of hydrogen-bond acceptors (Lipinski definition) is 4. The fraction of sp³-hybridized carbons (Fsp3) is 0.909. The highest BCUT2D eigenvalue weighted by Crippen LogP contribution is 2.31. The predicted molar refractivity (Wildman–Crippen MR) is 71.0 cm³/mol. The van der Waals surface area contributed by atoms with E-state index in [1.54, 1.807) is 0 Å². The minimum absolute atomic E-state index is 0.446. The van der Waals surface area contributed by atoms with Crippen LogP contribution in [0.4, 0.5) is 0 Å². The summed E-state index contributed by atoms with van der Waals surface area (Å²) in [6.45, 7) is 0. The van der Waals surface area contributed by atoms with Gasteiger partial charge in [0, 0.05) is 0 Å². The highest BCUT2D eigenvalue weighted by molar-refractivity contribution is 8.31. The van der Waals surface area contributed by atoms with Gasteiger partial charge < -0.3 is 5.53 Å². The average molecular weight is 306 g/mol. The molecule has 0 atom stereocenters. The molecule has 2 aliphatic rings. The van der Waals surface area contributed by atoms with E-state index < -0.39 is 34.6 Å². The van der Waals surface area contributed by atoms with Gasteiger partial charge in [-0.1, -0.05) is 25.7 Å². The molecule has 0 aliphatic heterocycles. The van der Waals surface area contributed by atoms with E-state index in [2.05, 4.69) is 4.79 Å². The molecule has 2 saturated carbocycles. The van der Waals surface area contributed by atoms with Gasteiger partial charge in [-0.3, -0.25) is 0 Å². The molecule has 0 amide bonds.